The highest BCUT2D eigenvalue weighted by atomic mass is 79.9. The monoisotopic (exact) mass is 329 g/mol. The molecule has 0 radical (unpaired) electrons. The van der Waals surface area contributed by atoms with Crippen LogP contribution in [0, 0.1) is 12.3 Å². The van der Waals surface area contributed by atoms with E-state index in [0.29, 0.717) is 22.6 Å². The number of benzene rings is 2. The van der Waals surface area contributed by atoms with Crippen LogP contribution in [0.1, 0.15) is 15.9 Å². The van der Waals surface area contributed by atoms with Gasteiger partial charge in [-0.1, -0.05) is 27.9 Å². The highest BCUT2D eigenvalue weighted by Crippen LogP contribution is 2.24. The van der Waals surface area contributed by atoms with Crippen molar-refractivity contribution in [3.05, 3.63) is 58.1 Å². The lowest BCUT2D eigenvalue weighted by atomic mass is 10.1. The average Bonchev–Trinajstić information content (AvgIpc) is 2.47. The SMILES string of the molecule is C#Cc1cccc(NC(=O)c2ccc(Br)cc2OC)c1. The van der Waals surface area contributed by atoms with E-state index in [-0.39, 0.29) is 5.91 Å². The minimum atomic E-state index is -0.247. The van der Waals surface area contributed by atoms with Gasteiger partial charge in [-0.25, -0.2) is 0 Å². The van der Waals surface area contributed by atoms with Crippen LogP contribution in [-0.4, -0.2) is 13.0 Å². The third kappa shape index (κ3) is 3.19. The van der Waals surface area contributed by atoms with E-state index in [1.54, 1.807) is 42.5 Å². The van der Waals surface area contributed by atoms with E-state index in [0.717, 1.165) is 4.47 Å². The second-order valence-electron chi connectivity index (χ2n) is 4.02. The molecule has 0 aromatic heterocycles. The van der Waals surface area contributed by atoms with Gasteiger partial charge in [0.05, 0.1) is 12.7 Å². The summed E-state index contributed by atoms with van der Waals surface area (Å²) in [6.45, 7) is 0. The molecule has 1 N–H and O–H groups in total. The number of rotatable bonds is 3. The molecule has 0 saturated carbocycles. The van der Waals surface area contributed by atoms with Crippen LogP contribution in [0.15, 0.2) is 46.9 Å². The Bertz CT molecular complexity index is 689. The van der Waals surface area contributed by atoms with Gasteiger partial charge in [-0.2, -0.15) is 0 Å². The van der Waals surface area contributed by atoms with E-state index in [2.05, 4.69) is 27.2 Å². The zero-order valence-electron chi connectivity index (χ0n) is 10.8. The van der Waals surface area contributed by atoms with Gasteiger partial charge in [-0.3, -0.25) is 4.79 Å². The van der Waals surface area contributed by atoms with Crippen LogP contribution < -0.4 is 10.1 Å². The number of terminal acetylenes is 1. The smallest absolute Gasteiger partial charge is 0.259 e. The standard InChI is InChI=1S/C16H12BrNO2/c1-3-11-5-4-6-13(9-11)18-16(19)14-8-7-12(17)10-15(14)20-2/h1,4-10H,2H3,(H,18,19). The van der Waals surface area contributed by atoms with E-state index in [1.807, 2.05) is 0 Å². The maximum atomic E-state index is 12.2. The molecular weight excluding hydrogens is 318 g/mol. The Morgan fingerprint density at radius 3 is 2.80 bits per heavy atom. The van der Waals surface area contributed by atoms with Crippen LogP contribution in [0.2, 0.25) is 0 Å². The first-order valence-corrected chi connectivity index (χ1v) is 6.65. The van der Waals surface area contributed by atoms with Crippen LogP contribution in [0.5, 0.6) is 5.75 Å². The summed E-state index contributed by atoms with van der Waals surface area (Å²) in [5, 5.41) is 2.80. The second-order valence-corrected chi connectivity index (χ2v) is 4.94. The minimum Gasteiger partial charge on any atom is -0.496 e. The Morgan fingerprint density at radius 2 is 2.10 bits per heavy atom. The molecule has 0 heterocycles. The van der Waals surface area contributed by atoms with Gasteiger partial charge in [0.25, 0.3) is 5.91 Å². The first kappa shape index (κ1) is 14.2. The Kier molecular flexibility index (Phi) is 4.44. The second kappa shape index (κ2) is 6.27. The highest BCUT2D eigenvalue weighted by molar-refractivity contribution is 9.10. The lowest BCUT2D eigenvalue weighted by Gasteiger charge is -2.10. The minimum absolute atomic E-state index is 0.247. The van der Waals surface area contributed by atoms with Crippen molar-refractivity contribution in [3.8, 4) is 18.1 Å². The summed E-state index contributed by atoms with van der Waals surface area (Å²) in [5.74, 6) is 2.79. The molecule has 0 spiro atoms. The molecule has 0 aliphatic rings. The molecule has 1 amide bonds. The molecule has 3 nitrogen and oxygen atoms in total. The summed E-state index contributed by atoms with van der Waals surface area (Å²) >= 11 is 3.34. The molecule has 0 aliphatic carbocycles. The molecule has 0 bridgehead atoms. The van der Waals surface area contributed by atoms with Gasteiger partial charge in [0.2, 0.25) is 0 Å². The summed E-state index contributed by atoms with van der Waals surface area (Å²) in [5.41, 5.74) is 1.82. The topological polar surface area (TPSA) is 38.3 Å². The maximum Gasteiger partial charge on any atom is 0.259 e. The molecule has 2 rings (SSSR count). The first-order chi connectivity index (χ1) is 9.63. The van der Waals surface area contributed by atoms with Crippen molar-refractivity contribution in [2.75, 3.05) is 12.4 Å². The van der Waals surface area contributed by atoms with Crippen LogP contribution in [0.25, 0.3) is 0 Å². The summed E-state index contributed by atoms with van der Waals surface area (Å²) in [6, 6.07) is 12.3. The van der Waals surface area contributed by atoms with Crippen LogP contribution >= 0.6 is 15.9 Å². The van der Waals surface area contributed by atoms with E-state index in [1.165, 1.54) is 7.11 Å². The number of hydrogen-bond acceptors (Lipinski definition) is 2. The van der Waals surface area contributed by atoms with Crippen LogP contribution in [0.4, 0.5) is 5.69 Å². The largest absolute Gasteiger partial charge is 0.496 e. The van der Waals surface area contributed by atoms with Gasteiger partial charge in [0.1, 0.15) is 5.75 Å². The Hall–Kier alpha value is -2.25. The lowest BCUT2D eigenvalue weighted by Crippen LogP contribution is -2.13. The molecule has 0 aliphatic heterocycles. The fourth-order valence-corrected chi connectivity index (χ4v) is 2.08. The summed E-state index contributed by atoms with van der Waals surface area (Å²) in [4.78, 5) is 12.2. The first-order valence-electron chi connectivity index (χ1n) is 5.85. The number of ether oxygens (including phenoxy) is 1. The molecule has 4 heteroatoms. The summed E-state index contributed by atoms with van der Waals surface area (Å²) < 4.78 is 6.05. The number of amides is 1. The van der Waals surface area contributed by atoms with Gasteiger partial charge in [0.15, 0.2) is 0 Å². The summed E-state index contributed by atoms with van der Waals surface area (Å²) in [6.07, 6.45) is 5.34. The zero-order chi connectivity index (χ0) is 14.5. The van der Waals surface area contributed by atoms with Crippen molar-refractivity contribution >= 4 is 27.5 Å². The molecule has 0 saturated heterocycles. The Morgan fingerprint density at radius 1 is 1.30 bits per heavy atom. The van der Waals surface area contributed by atoms with Gasteiger partial charge in [-0.05, 0) is 36.4 Å². The number of carbonyl (C=O) groups is 1. The number of methoxy groups -OCH3 is 1. The van der Waals surface area contributed by atoms with E-state index in [9.17, 15) is 4.79 Å². The van der Waals surface area contributed by atoms with Crippen LogP contribution in [0.3, 0.4) is 0 Å². The van der Waals surface area contributed by atoms with Crippen molar-refractivity contribution in [1.82, 2.24) is 0 Å². The maximum absolute atomic E-state index is 12.2. The van der Waals surface area contributed by atoms with E-state index < -0.39 is 0 Å². The number of nitrogens with one attached hydrogen (secondary N) is 1. The lowest BCUT2D eigenvalue weighted by molar-refractivity contribution is 0.102. The summed E-state index contributed by atoms with van der Waals surface area (Å²) in [7, 11) is 1.53. The van der Waals surface area contributed by atoms with Gasteiger partial charge in [-0.15, -0.1) is 6.42 Å². The van der Waals surface area contributed by atoms with Crippen molar-refractivity contribution in [2.24, 2.45) is 0 Å². The van der Waals surface area contributed by atoms with Crippen molar-refractivity contribution in [2.45, 2.75) is 0 Å². The molecular formula is C16H12BrNO2. The quantitative estimate of drug-likeness (QED) is 0.872. The molecule has 0 unspecified atom stereocenters. The predicted molar refractivity (Wildman–Crippen MR) is 83.0 cm³/mol. The van der Waals surface area contributed by atoms with Crippen molar-refractivity contribution in [1.29, 1.82) is 0 Å². The van der Waals surface area contributed by atoms with E-state index >= 15 is 0 Å². The van der Waals surface area contributed by atoms with Crippen LogP contribution in [-0.2, 0) is 0 Å². The zero-order valence-corrected chi connectivity index (χ0v) is 12.4. The molecule has 100 valence electrons. The van der Waals surface area contributed by atoms with Gasteiger partial charge < -0.3 is 10.1 Å². The molecule has 2 aromatic carbocycles. The number of halogens is 1. The van der Waals surface area contributed by atoms with Crippen molar-refractivity contribution in [3.63, 3.8) is 0 Å². The number of hydrogen-bond donors (Lipinski definition) is 1. The number of anilines is 1. The third-order valence-electron chi connectivity index (χ3n) is 2.70. The fraction of sp³-hybridized carbons (Fsp3) is 0.0625. The molecule has 0 fully saturated rings. The highest BCUT2D eigenvalue weighted by Gasteiger charge is 2.12. The van der Waals surface area contributed by atoms with Crippen molar-refractivity contribution < 1.29 is 9.53 Å². The van der Waals surface area contributed by atoms with Gasteiger partial charge >= 0.3 is 0 Å². The third-order valence-corrected chi connectivity index (χ3v) is 3.19. The molecule has 20 heavy (non-hydrogen) atoms. The predicted octanol–water partition coefficient (Wildman–Crippen LogP) is 3.69. The fourth-order valence-electron chi connectivity index (χ4n) is 1.74. The molecule has 0 atom stereocenters. The van der Waals surface area contributed by atoms with Gasteiger partial charge in [0, 0.05) is 15.7 Å². The molecule has 2 aromatic rings. The Balaban J connectivity index is 2.26. The Labute approximate surface area is 126 Å². The number of carbonyl (C=O) groups excluding carboxylic acids is 1. The average molecular weight is 330 g/mol. The normalized spacial score (nSPS) is 9.65. The van der Waals surface area contributed by atoms with E-state index in [4.69, 9.17) is 11.2 Å².